The van der Waals surface area contributed by atoms with Gasteiger partial charge in [0.2, 0.25) is 0 Å². The number of rotatable bonds is 7. The molecule has 0 aliphatic carbocycles. The molecule has 1 saturated heterocycles. The Morgan fingerprint density at radius 2 is 1.90 bits per heavy atom. The molecule has 0 unspecified atom stereocenters. The van der Waals surface area contributed by atoms with Gasteiger partial charge in [-0.1, -0.05) is 6.07 Å². The number of anilines is 1. The van der Waals surface area contributed by atoms with Crippen LogP contribution in [0.3, 0.4) is 0 Å². The molecule has 1 fully saturated rings. The standard InChI is InChI=1S/C23H31N3O4/c1-16-21(27)13-22(30-15-19(29-3)14-28-2)26-9-6-17-12-18(4-5-20(17)23(16)26)25-10-7-24-8-11-25/h4-5,12-13,19,24H,6-11,14-15H2,1-3H3/t19-/m0/s1. The minimum absolute atomic E-state index is 0.00371. The number of hydrogen-bond donors (Lipinski definition) is 1. The molecule has 1 aromatic carbocycles. The van der Waals surface area contributed by atoms with Crippen LogP contribution in [0.2, 0.25) is 0 Å². The van der Waals surface area contributed by atoms with Crippen LogP contribution in [0, 0.1) is 6.92 Å². The Morgan fingerprint density at radius 3 is 2.63 bits per heavy atom. The van der Waals surface area contributed by atoms with E-state index < -0.39 is 0 Å². The van der Waals surface area contributed by atoms with Crippen LogP contribution in [0.1, 0.15) is 11.1 Å². The number of piperazine rings is 1. The van der Waals surface area contributed by atoms with Gasteiger partial charge in [-0.15, -0.1) is 0 Å². The first-order valence-corrected chi connectivity index (χ1v) is 10.6. The summed E-state index contributed by atoms with van der Waals surface area (Å²) >= 11 is 0. The van der Waals surface area contributed by atoms with Crippen LogP contribution >= 0.6 is 0 Å². The lowest BCUT2D eigenvalue weighted by Crippen LogP contribution is -2.43. The highest BCUT2D eigenvalue weighted by Crippen LogP contribution is 2.36. The average molecular weight is 414 g/mol. The zero-order chi connectivity index (χ0) is 21.1. The highest BCUT2D eigenvalue weighted by Gasteiger charge is 2.24. The van der Waals surface area contributed by atoms with Crippen molar-refractivity contribution in [3.8, 4) is 17.1 Å². The highest BCUT2D eigenvalue weighted by atomic mass is 16.6. The second-order valence-corrected chi connectivity index (χ2v) is 7.92. The van der Waals surface area contributed by atoms with E-state index in [2.05, 4.69) is 33.0 Å². The molecule has 162 valence electrons. The number of aromatic nitrogens is 1. The maximum Gasteiger partial charge on any atom is 0.197 e. The van der Waals surface area contributed by atoms with Crippen LogP contribution in [-0.4, -0.2) is 64.3 Å². The summed E-state index contributed by atoms with van der Waals surface area (Å²) in [4.78, 5) is 15.1. The second kappa shape index (κ2) is 9.20. The summed E-state index contributed by atoms with van der Waals surface area (Å²) in [6.07, 6.45) is 0.729. The Hall–Kier alpha value is -2.35. The van der Waals surface area contributed by atoms with E-state index in [1.807, 2.05) is 6.92 Å². The first-order valence-electron chi connectivity index (χ1n) is 10.6. The van der Waals surface area contributed by atoms with Crippen molar-refractivity contribution in [2.24, 2.45) is 0 Å². The monoisotopic (exact) mass is 413 g/mol. The van der Waals surface area contributed by atoms with Crippen molar-refractivity contribution in [2.75, 3.05) is 58.5 Å². The normalized spacial score (nSPS) is 16.7. The third-order valence-corrected chi connectivity index (χ3v) is 6.05. The van der Waals surface area contributed by atoms with E-state index in [4.69, 9.17) is 14.2 Å². The number of nitrogens with one attached hydrogen (secondary N) is 1. The van der Waals surface area contributed by atoms with E-state index in [9.17, 15) is 4.79 Å². The predicted octanol–water partition coefficient (Wildman–Crippen LogP) is 1.83. The number of ether oxygens (including phenoxy) is 3. The summed E-state index contributed by atoms with van der Waals surface area (Å²) < 4.78 is 18.7. The molecule has 0 spiro atoms. The fraction of sp³-hybridized carbons (Fsp3) is 0.522. The van der Waals surface area contributed by atoms with Crippen molar-refractivity contribution in [1.82, 2.24) is 9.88 Å². The number of hydrogen-bond acceptors (Lipinski definition) is 6. The zero-order valence-electron chi connectivity index (χ0n) is 18.1. The van der Waals surface area contributed by atoms with Gasteiger partial charge in [-0.2, -0.15) is 0 Å². The van der Waals surface area contributed by atoms with Gasteiger partial charge in [-0.25, -0.2) is 0 Å². The van der Waals surface area contributed by atoms with Gasteiger partial charge in [0.1, 0.15) is 12.7 Å². The van der Waals surface area contributed by atoms with E-state index >= 15 is 0 Å². The van der Waals surface area contributed by atoms with Crippen LogP contribution in [0.4, 0.5) is 5.69 Å². The Bertz CT molecular complexity index is 950. The quantitative estimate of drug-likeness (QED) is 0.747. The second-order valence-electron chi connectivity index (χ2n) is 7.92. The third-order valence-electron chi connectivity index (χ3n) is 6.05. The molecule has 7 heteroatoms. The van der Waals surface area contributed by atoms with E-state index in [0.29, 0.717) is 19.1 Å². The summed E-state index contributed by atoms with van der Waals surface area (Å²) in [6.45, 7) is 7.54. The Kier molecular flexibility index (Phi) is 6.41. The van der Waals surface area contributed by atoms with E-state index in [-0.39, 0.29) is 11.5 Å². The molecule has 1 atom stereocenters. The average Bonchev–Trinajstić information content (AvgIpc) is 2.79. The first-order chi connectivity index (χ1) is 14.6. The largest absolute Gasteiger partial charge is 0.476 e. The zero-order valence-corrected chi connectivity index (χ0v) is 18.1. The first kappa shape index (κ1) is 20.9. The molecule has 2 aliphatic rings. The molecule has 0 bridgehead atoms. The summed E-state index contributed by atoms with van der Waals surface area (Å²) in [5.74, 6) is 0.593. The molecule has 1 N–H and O–H groups in total. The number of aryl methyl sites for hydroxylation is 1. The fourth-order valence-electron chi connectivity index (χ4n) is 4.34. The van der Waals surface area contributed by atoms with E-state index in [1.165, 1.54) is 11.3 Å². The van der Waals surface area contributed by atoms with Crippen LogP contribution < -0.4 is 20.4 Å². The van der Waals surface area contributed by atoms with Gasteiger partial charge in [0.15, 0.2) is 11.3 Å². The van der Waals surface area contributed by atoms with Crippen molar-refractivity contribution < 1.29 is 14.2 Å². The minimum Gasteiger partial charge on any atom is -0.476 e. The lowest BCUT2D eigenvalue weighted by Gasteiger charge is -2.32. The Balaban J connectivity index is 1.66. The van der Waals surface area contributed by atoms with Gasteiger partial charge in [-0.3, -0.25) is 4.79 Å². The molecule has 0 saturated carbocycles. The Morgan fingerprint density at radius 1 is 1.10 bits per heavy atom. The predicted molar refractivity (Wildman–Crippen MR) is 118 cm³/mol. The van der Waals surface area contributed by atoms with Crippen LogP contribution in [0.25, 0.3) is 11.3 Å². The molecular weight excluding hydrogens is 382 g/mol. The number of pyridine rings is 1. The summed E-state index contributed by atoms with van der Waals surface area (Å²) in [7, 11) is 3.27. The van der Waals surface area contributed by atoms with Crippen LogP contribution in [0.5, 0.6) is 5.88 Å². The smallest absolute Gasteiger partial charge is 0.197 e. The van der Waals surface area contributed by atoms with Crippen molar-refractivity contribution >= 4 is 5.69 Å². The van der Waals surface area contributed by atoms with Crippen LogP contribution in [-0.2, 0) is 22.4 Å². The van der Waals surface area contributed by atoms with Gasteiger partial charge >= 0.3 is 0 Å². The molecule has 7 nitrogen and oxygen atoms in total. The van der Waals surface area contributed by atoms with Gasteiger partial charge in [-0.05, 0) is 31.0 Å². The third kappa shape index (κ3) is 4.10. The molecule has 0 amide bonds. The molecule has 3 heterocycles. The summed E-state index contributed by atoms with van der Waals surface area (Å²) in [6, 6.07) is 8.23. The van der Waals surface area contributed by atoms with Crippen molar-refractivity contribution in [3.05, 3.63) is 45.6 Å². The number of nitrogens with zero attached hydrogens (tertiary/aromatic N) is 2. The maximum atomic E-state index is 12.7. The summed E-state index contributed by atoms with van der Waals surface area (Å²) in [5.41, 5.74) is 5.40. The molecule has 2 aliphatic heterocycles. The molecule has 0 radical (unpaired) electrons. The molecule has 2 aromatic rings. The molecular formula is C23H31N3O4. The summed E-state index contributed by atoms with van der Waals surface area (Å²) in [5, 5.41) is 3.40. The maximum absolute atomic E-state index is 12.7. The topological polar surface area (TPSA) is 65.0 Å². The lowest BCUT2D eigenvalue weighted by atomic mass is 9.94. The number of benzene rings is 1. The van der Waals surface area contributed by atoms with E-state index in [0.717, 1.165) is 56.0 Å². The van der Waals surface area contributed by atoms with Crippen LogP contribution in [0.15, 0.2) is 29.1 Å². The van der Waals surface area contributed by atoms with Crippen molar-refractivity contribution in [3.63, 3.8) is 0 Å². The minimum atomic E-state index is -0.180. The Labute approximate surface area is 177 Å². The SMILES string of the molecule is COC[C@@H](COc1cc(=O)c(C)c2n1CCc1cc(N3CCNCC3)ccc1-2)OC. The van der Waals surface area contributed by atoms with Crippen molar-refractivity contribution in [1.29, 1.82) is 0 Å². The van der Waals surface area contributed by atoms with Gasteiger partial charge in [0, 0.05) is 69.8 Å². The van der Waals surface area contributed by atoms with Gasteiger partial charge in [0.05, 0.1) is 12.3 Å². The number of fused-ring (bicyclic) bond motifs is 3. The fourth-order valence-corrected chi connectivity index (χ4v) is 4.34. The van der Waals surface area contributed by atoms with Crippen molar-refractivity contribution in [2.45, 2.75) is 26.0 Å². The molecule has 4 rings (SSSR count). The number of methoxy groups -OCH3 is 2. The van der Waals surface area contributed by atoms with E-state index in [1.54, 1.807) is 20.3 Å². The lowest BCUT2D eigenvalue weighted by molar-refractivity contribution is -0.000948. The molecule has 1 aromatic heterocycles. The van der Waals surface area contributed by atoms with Gasteiger partial charge in [0.25, 0.3) is 0 Å². The van der Waals surface area contributed by atoms with Gasteiger partial charge < -0.3 is 29.0 Å². The molecule has 30 heavy (non-hydrogen) atoms. The highest BCUT2D eigenvalue weighted by molar-refractivity contribution is 5.72.